The fourth-order valence-electron chi connectivity index (χ4n) is 3.09. The third-order valence-electron chi connectivity index (χ3n) is 4.64. The van der Waals surface area contributed by atoms with E-state index in [4.69, 9.17) is 9.84 Å². The van der Waals surface area contributed by atoms with Crippen LogP contribution in [0.3, 0.4) is 0 Å². The molecule has 0 saturated carbocycles. The van der Waals surface area contributed by atoms with E-state index >= 15 is 0 Å². The van der Waals surface area contributed by atoms with Crippen LogP contribution in [0.15, 0.2) is 83.8 Å². The van der Waals surface area contributed by atoms with Crippen LogP contribution in [0.4, 0.5) is 13.2 Å². The molecule has 0 saturated heterocycles. The summed E-state index contributed by atoms with van der Waals surface area (Å²) in [6, 6.07) is 20.2. The molecule has 3 nitrogen and oxygen atoms in total. The minimum absolute atomic E-state index is 0.399. The molecular formula is C25H21F3O3S. The lowest BCUT2D eigenvalue weighted by Gasteiger charge is -2.12. The molecular weight excluding hydrogens is 437 g/mol. The highest BCUT2D eigenvalue weighted by molar-refractivity contribution is 7.99. The van der Waals surface area contributed by atoms with Crippen molar-refractivity contribution in [3.63, 3.8) is 0 Å². The Bertz CT molecular complexity index is 1090. The maximum absolute atomic E-state index is 12.9. The summed E-state index contributed by atoms with van der Waals surface area (Å²) in [6.45, 7) is 1.44. The zero-order valence-corrected chi connectivity index (χ0v) is 18.0. The van der Waals surface area contributed by atoms with Gasteiger partial charge in [0.1, 0.15) is 5.75 Å². The topological polar surface area (TPSA) is 46.5 Å². The molecule has 0 amide bonds. The van der Waals surface area contributed by atoms with Gasteiger partial charge < -0.3 is 9.84 Å². The minimum Gasteiger partial charge on any atom is -0.482 e. The van der Waals surface area contributed by atoms with E-state index < -0.39 is 24.3 Å². The van der Waals surface area contributed by atoms with E-state index in [0.29, 0.717) is 17.1 Å². The summed E-state index contributed by atoms with van der Waals surface area (Å²) in [4.78, 5) is 11.6. The minimum atomic E-state index is -4.37. The number of carboxylic acids is 1. The summed E-state index contributed by atoms with van der Waals surface area (Å²) in [7, 11) is 0. The number of aryl methyl sites for hydroxylation is 1. The van der Waals surface area contributed by atoms with Crippen LogP contribution in [0, 0.1) is 6.92 Å². The van der Waals surface area contributed by atoms with Crippen LogP contribution in [-0.2, 0) is 11.0 Å². The number of ether oxygens (including phenoxy) is 1. The lowest BCUT2D eigenvalue weighted by Crippen LogP contribution is -2.09. The largest absolute Gasteiger partial charge is 0.482 e. The maximum atomic E-state index is 12.9. The predicted octanol–water partition coefficient (Wildman–Crippen LogP) is 6.70. The van der Waals surface area contributed by atoms with E-state index in [1.54, 1.807) is 17.8 Å². The van der Waals surface area contributed by atoms with Gasteiger partial charge >= 0.3 is 12.1 Å². The van der Waals surface area contributed by atoms with E-state index in [9.17, 15) is 18.0 Å². The first-order valence-electron chi connectivity index (χ1n) is 9.75. The van der Waals surface area contributed by atoms with Crippen molar-refractivity contribution in [2.24, 2.45) is 0 Å². The number of hydrogen-bond acceptors (Lipinski definition) is 3. The van der Waals surface area contributed by atoms with Gasteiger partial charge in [-0.2, -0.15) is 13.2 Å². The monoisotopic (exact) mass is 458 g/mol. The Hall–Kier alpha value is -3.19. The highest BCUT2D eigenvalue weighted by atomic mass is 32.2. The van der Waals surface area contributed by atoms with Gasteiger partial charge in [-0.15, -0.1) is 11.8 Å². The smallest absolute Gasteiger partial charge is 0.416 e. The summed E-state index contributed by atoms with van der Waals surface area (Å²) in [5.74, 6) is 0.0757. The van der Waals surface area contributed by atoms with E-state index in [1.165, 1.54) is 12.1 Å². The van der Waals surface area contributed by atoms with Crippen molar-refractivity contribution in [3.8, 4) is 5.75 Å². The number of carbonyl (C=O) groups is 1. The molecule has 3 aromatic rings. The van der Waals surface area contributed by atoms with Gasteiger partial charge in [-0.05, 0) is 59.5 Å². The van der Waals surface area contributed by atoms with Gasteiger partial charge in [0, 0.05) is 10.6 Å². The Balaban J connectivity index is 1.79. The molecule has 3 aromatic carbocycles. The lowest BCUT2D eigenvalue weighted by atomic mass is 9.97. The molecule has 0 fully saturated rings. The first kappa shape index (κ1) is 23.5. The molecule has 0 aliphatic rings. The molecule has 166 valence electrons. The number of alkyl halides is 3. The average molecular weight is 459 g/mol. The van der Waals surface area contributed by atoms with Crippen LogP contribution < -0.4 is 4.74 Å². The predicted molar refractivity (Wildman–Crippen MR) is 120 cm³/mol. The molecule has 0 unspecified atom stereocenters. The molecule has 32 heavy (non-hydrogen) atoms. The maximum Gasteiger partial charge on any atom is 0.416 e. The normalized spacial score (nSPS) is 11.9. The summed E-state index contributed by atoms with van der Waals surface area (Å²) in [6.07, 6.45) is -2.38. The van der Waals surface area contributed by atoms with Crippen molar-refractivity contribution >= 4 is 23.3 Å². The van der Waals surface area contributed by atoms with E-state index in [-0.39, 0.29) is 0 Å². The van der Waals surface area contributed by atoms with Gasteiger partial charge in [0.2, 0.25) is 0 Å². The molecule has 0 aliphatic carbocycles. The van der Waals surface area contributed by atoms with Crippen molar-refractivity contribution < 1.29 is 27.8 Å². The SMILES string of the molecule is Cc1cc(SC/C=C(/c2ccccc2)c2ccc(C(F)(F)F)cc2)ccc1OCC(=O)O. The number of benzene rings is 3. The van der Waals surface area contributed by atoms with Crippen molar-refractivity contribution in [2.75, 3.05) is 12.4 Å². The molecule has 0 aliphatic heterocycles. The first-order valence-corrected chi connectivity index (χ1v) is 10.7. The third-order valence-corrected chi connectivity index (χ3v) is 5.56. The van der Waals surface area contributed by atoms with Gasteiger partial charge in [0.15, 0.2) is 6.61 Å². The van der Waals surface area contributed by atoms with E-state index in [0.717, 1.165) is 33.7 Å². The Kier molecular flexibility index (Phi) is 7.64. The van der Waals surface area contributed by atoms with Gasteiger partial charge in [0.25, 0.3) is 0 Å². The summed E-state index contributed by atoms with van der Waals surface area (Å²) < 4.78 is 44.0. The van der Waals surface area contributed by atoms with Crippen molar-refractivity contribution in [1.82, 2.24) is 0 Å². The molecule has 3 rings (SSSR count). The highest BCUT2D eigenvalue weighted by Crippen LogP contribution is 2.32. The highest BCUT2D eigenvalue weighted by Gasteiger charge is 2.30. The van der Waals surface area contributed by atoms with Gasteiger partial charge in [0.05, 0.1) is 5.56 Å². The zero-order valence-electron chi connectivity index (χ0n) is 17.2. The average Bonchev–Trinajstić information content (AvgIpc) is 2.76. The Morgan fingerprint density at radius 2 is 1.66 bits per heavy atom. The van der Waals surface area contributed by atoms with Crippen LogP contribution in [0.2, 0.25) is 0 Å². The summed E-state index contributed by atoms with van der Waals surface area (Å²) in [5.41, 5.74) is 2.62. The van der Waals surface area contributed by atoms with E-state index in [1.807, 2.05) is 55.5 Å². The van der Waals surface area contributed by atoms with Gasteiger partial charge in [-0.1, -0.05) is 48.5 Å². The number of halogens is 3. The number of thioether (sulfide) groups is 1. The Labute approximate surface area is 188 Å². The van der Waals surface area contributed by atoms with Gasteiger partial charge in [-0.25, -0.2) is 4.79 Å². The number of carboxylic acid groups (broad SMARTS) is 1. The standard InChI is InChI=1S/C25H21F3O3S/c1-17-15-21(11-12-23(17)31-16-24(29)30)32-14-13-22(18-5-3-2-4-6-18)19-7-9-20(10-8-19)25(26,27)28/h2-13,15H,14,16H2,1H3,(H,29,30)/b22-13-. The van der Waals surface area contributed by atoms with Gasteiger partial charge in [-0.3, -0.25) is 0 Å². The Morgan fingerprint density at radius 3 is 2.25 bits per heavy atom. The fourth-order valence-corrected chi connectivity index (χ4v) is 3.96. The summed E-state index contributed by atoms with van der Waals surface area (Å²) in [5, 5.41) is 8.74. The molecule has 0 aromatic heterocycles. The van der Waals surface area contributed by atoms with Crippen LogP contribution in [0.25, 0.3) is 5.57 Å². The molecule has 0 bridgehead atoms. The quantitative estimate of drug-likeness (QED) is 0.382. The Morgan fingerprint density at radius 1 is 1.00 bits per heavy atom. The molecule has 7 heteroatoms. The number of aliphatic carboxylic acids is 1. The van der Waals surface area contributed by atoms with Crippen LogP contribution in [0.1, 0.15) is 22.3 Å². The molecule has 0 radical (unpaired) electrons. The zero-order chi connectivity index (χ0) is 23.1. The first-order chi connectivity index (χ1) is 15.2. The fraction of sp³-hybridized carbons (Fsp3) is 0.160. The lowest BCUT2D eigenvalue weighted by molar-refractivity contribution is -0.139. The van der Waals surface area contributed by atoms with Crippen LogP contribution >= 0.6 is 11.8 Å². The second-order valence-corrected chi connectivity index (χ2v) is 8.07. The number of rotatable bonds is 8. The van der Waals surface area contributed by atoms with E-state index in [2.05, 4.69) is 0 Å². The summed E-state index contributed by atoms with van der Waals surface area (Å²) >= 11 is 1.56. The molecule has 0 heterocycles. The van der Waals surface area contributed by atoms with Crippen LogP contribution in [0.5, 0.6) is 5.75 Å². The molecule has 0 atom stereocenters. The van der Waals surface area contributed by atoms with Crippen molar-refractivity contribution in [3.05, 3.63) is 101 Å². The van der Waals surface area contributed by atoms with Crippen molar-refractivity contribution in [1.29, 1.82) is 0 Å². The third kappa shape index (κ3) is 6.40. The van der Waals surface area contributed by atoms with Crippen molar-refractivity contribution in [2.45, 2.75) is 18.0 Å². The number of hydrogen-bond donors (Lipinski definition) is 1. The second kappa shape index (κ2) is 10.4. The second-order valence-electron chi connectivity index (χ2n) is 6.98. The molecule has 1 N–H and O–H groups in total. The molecule has 0 spiro atoms. The van der Waals surface area contributed by atoms with Crippen LogP contribution in [-0.4, -0.2) is 23.4 Å².